The van der Waals surface area contributed by atoms with E-state index in [0.717, 1.165) is 35.4 Å². The first-order valence-corrected chi connectivity index (χ1v) is 14.1. The van der Waals surface area contributed by atoms with Crippen molar-refractivity contribution in [2.24, 2.45) is 0 Å². The molecule has 1 unspecified atom stereocenters. The third kappa shape index (κ3) is 4.88. The Morgan fingerprint density at radius 3 is 2.75 bits per heavy atom. The second-order valence-corrected chi connectivity index (χ2v) is 11.9. The molecule has 1 saturated heterocycles. The highest BCUT2D eigenvalue weighted by atomic mass is 32.2. The van der Waals surface area contributed by atoms with Crippen molar-refractivity contribution < 1.29 is 26.3 Å². The van der Waals surface area contributed by atoms with Crippen LogP contribution in [0.3, 0.4) is 0 Å². The number of halogens is 3. The van der Waals surface area contributed by atoms with Crippen molar-refractivity contribution in [3.05, 3.63) is 77.0 Å². The molecule has 1 fully saturated rings. The summed E-state index contributed by atoms with van der Waals surface area (Å²) in [4.78, 5) is 2.52. The van der Waals surface area contributed by atoms with Gasteiger partial charge in [-0.15, -0.1) is 0 Å². The third-order valence-electron chi connectivity index (χ3n) is 6.48. The standard InChI is InChI=1S/C26H25F3N2O3S2/c1-17-3-2-4-23(7-5-17)36(32,33)31-15-21-16-35-10-9-30(21)24-8-6-18(13-25(24)31)19-11-20(27)14-22(12-19)34-26(28)29/h2-6,8,11-14,21,26H,7,9-10,15-16H2,1H3. The van der Waals surface area contributed by atoms with E-state index in [1.807, 2.05) is 25.1 Å². The highest BCUT2D eigenvalue weighted by molar-refractivity contribution is 7.99. The van der Waals surface area contributed by atoms with Crippen molar-refractivity contribution in [2.75, 3.05) is 33.8 Å². The van der Waals surface area contributed by atoms with Gasteiger partial charge in [0, 0.05) is 30.5 Å². The molecule has 3 aliphatic rings. The molecule has 0 aromatic heterocycles. The number of thioether (sulfide) groups is 1. The fourth-order valence-electron chi connectivity index (χ4n) is 4.72. The van der Waals surface area contributed by atoms with Crippen molar-refractivity contribution in [2.45, 2.75) is 26.0 Å². The molecule has 1 aliphatic carbocycles. The van der Waals surface area contributed by atoms with Crippen LogP contribution in [0.25, 0.3) is 11.1 Å². The molecule has 0 radical (unpaired) electrons. The molecule has 0 spiro atoms. The molecule has 0 bridgehead atoms. The zero-order valence-electron chi connectivity index (χ0n) is 19.5. The lowest BCUT2D eigenvalue weighted by Crippen LogP contribution is -2.54. The number of hydrogen-bond donors (Lipinski definition) is 0. The average Bonchev–Trinajstić information content (AvgIpc) is 3.07. The van der Waals surface area contributed by atoms with Crippen molar-refractivity contribution in [1.29, 1.82) is 0 Å². The zero-order chi connectivity index (χ0) is 25.4. The minimum Gasteiger partial charge on any atom is -0.435 e. The van der Waals surface area contributed by atoms with Gasteiger partial charge in [-0.05, 0) is 48.4 Å². The van der Waals surface area contributed by atoms with E-state index in [4.69, 9.17) is 0 Å². The van der Waals surface area contributed by atoms with Crippen LogP contribution in [-0.4, -0.2) is 45.7 Å². The maximum atomic E-state index is 14.2. The number of fused-ring (bicyclic) bond motifs is 3. The molecule has 36 heavy (non-hydrogen) atoms. The van der Waals surface area contributed by atoms with Gasteiger partial charge in [0.15, 0.2) is 0 Å². The molecule has 2 aromatic carbocycles. The lowest BCUT2D eigenvalue weighted by molar-refractivity contribution is -0.0499. The van der Waals surface area contributed by atoms with E-state index >= 15 is 0 Å². The highest BCUT2D eigenvalue weighted by Gasteiger charge is 2.39. The predicted octanol–water partition coefficient (Wildman–Crippen LogP) is 5.96. The molecule has 0 saturated carbocycles. The van der Waals surface area contributed by atoms with Crippen LogP contribution in [0.1, 0.15) is 13.3 Å². The Kier molecular flexibility index (Phi) is 6.82. The Labute approximate surface area is 213 Å². The quantitative estimate of drug-likeness (QED) is 0.474. The van der Waals surface area contributed by atoms with E-state index in [1.54, 1.807) is 36.0 Å². The SMILES string of the molecule is CC1=CCC(S(=O)(=O)N2CC3CSCCN3c3ccc(-c4cc(F)cc(OC(F)F)c4)cc32)=CC=C1. The lowest BCUT2D eigenvalue weighted by Gasteiger charge is -2.46. The summed E-state index contributed by atoms with van der Waals surface area (Å²) in [5, 5.41) is 0. The van der Waals surface area contributed by atoms with Crippen molar-refractivity contribution >= 4 is 33.2 Å². The van der Waals surface area contributed by atoms with Crippen LogP contribution in [-0.2, 0) is 10.0 Å². The van der Waals surface area contributed by atoms with Gasteiger partial charge in [0.05, 0.1) is 28.9 Å². The first kappa shape index (κ1) is 24.8. The smallest absolute Gasteiger partial charge is 0.387 e. The first-order chi connectivity index (χ1) is 17.2. The number of ether oxygens (including phenoxy) is 1. The second-order valence-electron chi connectivity index (χ2n) is 8.86. The van der Waals surface area contributed by atoms with Gasteiger partial charge >= 0.3 is 6.61 Å². The maximum Gasteiger partial charge on any atom is 0.387 e. The van der Waals surface area contributed by atoms with Crippen LogP contribution in [0.5, 0.6) is 5.75 Å². The molecule has 5 rings (SSSR count). The number of anilines is 2. The van der Waals surface area contributed by atoms with Crippen LogP contribution in [0.4, 0.5) is 24.5 Å². The van der Waals surface area contributed by atoms with Crippen LogP contribution < -0.4 is 13.9 Å². The Hall–Kier alpha value is -2.85. The van der Waals surface area contributed by atoms with Gasteiger partial charge in [0.25, 0.3) is 10.0 Å². The van der Waals surface area contributed by atoms with Gasteiger partial charge in [-0.2, -0.15) is 20.5 Å². The molecule has 5 nitrogen and oxygen atoms in total. The largest absolute Gasteiger partial charge is 0.435 e. The first-order valence-electron chi connectivity index (χ1n) is 11.5. The molecule has 0 amide bonds. The fourth-order valence-corrected chi connectivity index (χ4v) is 7.38. The van der Waals surface area contributed by atoms with Crippen molar-refractivity contribution in [3.63, 3.8) is 0 Å². The zero-order valence-corrected chi connectivity index (χ0v) is 21.2. The summed E-state index contributed by atoms with van der Waals surface area (Å²) < 4.78 is 73.4. The van der Waals surface area contributed by atoms with E-state index in [9.17, 15) is 21.6 Å². The number of hydrogen-bond acceptors (Lipinski definition) is 5. The van der Waals surface area contributed by atoms with Crippen LogP contribution in [0.15, 0.2) is 71.2 Å². The van der Waals surface area contributed by atoms with Gasteiger partial charge < -0.3 is 9.64 Å². The number of benzene rings is 2. The Bertz CT molecular complexity index is 1370. The molecule has 1 atom stereocenters. The molecular weight excluding hydrogens is 509 g/mol. The minimum atomic E-state index is -3.86. The van der Waals surface area contributed by atoms with Gasteiger partial charge in [0.2, 0.25) is 0 Å². The van der Waals surface area contributed by atoms with Crippen molar-refractivity contribution in [1.82, 2.24) is 0 Å². The van der Waals surface area contributed by atoms with Gasteiger partial charge in [-0.1, -0.05) is 29.9 Å². The number of nitrogens with zero attached hydrogens (tertiary/aromatic N) is 2. The van der Waals surface area contributed by atoms with Crippen LogP contribution >= 0.6 is 11.8 Å². The Morgan fingerprint density at radius 2 is 1.94 bits per heavy atom. The monoisotopic (exact) mass is 534 g/mol. The molecular formula is C26H25F3N2O3S2. The Balaban J connectivity index is 1.61. The summed E-state index contributed by atoms with van der Waals surface area (Å²) in [5.41, 5.74) is 3.09. The second kappa shape index (κ2) is 9.89. The van der Waals surface area contributed by atoms with Gasteiger partial charge in [-0.25, -0.2) is 12.8 Å². The number of allylic oxidation sites excluding steroid dienone is 6. The van der Waals surface area contributed by atoms with Gasteiger partial charge in [-0.3, -0.25) is 4.31 Å². The highest BCUT2D eigenvalue weighted by Crippen LogP contribution is 2.43. The van der Waals surface area contributed by atoms with Gasteiger partial charge in [0.1, 0.15) is 11.6 Å². The third-order valence-corrected chi connectivity index (χ3v) is 9.46. The fraction of sp³-hybridized carbons (Fsp3) is 0.308. The molecule has 2 aromatic rings. The topological polar surface area (TPSA) is 49.9 Å². The maximum absolute atomic E-state index is 14.2. The normalized spacial score (nSPS) is 19.9. The summed E-state index contributed by atoms with van der Waals surface area (Å²) in [6, 6.07) is 8.74. The summed E-state index contributed by atoms with van der Waals surface area (Å²) >= 11 is 1.80. The Morgan fingerprint density at radius 1 is 1.11 bits per heavy atom. The molecule has 2 aliphatic heterocycles. The van der Waals surface area contributed by atoms with Crippen LogP contribution in [0.2, 0.25) is 0 Å². The van der Waals surface area contributed by atoms with E-state index in [2.05, 4.69) is 9.64 Å². The lowest BCUT2D eigenvalue weighted by atomic mass is 10.0. The molecule has 190 valence electrons. The molecule has 0 N–H and O–H groups in total. The number of rotatable bonds is 5. The number of sulfonamides is 1. The summed E-state index contributed by atoms with van der Waals surface area (Å²) in [7, 11) is -3.86. The number of alkyl halides is 2. The molecule has 2 heterocycles. The minimum absolute atomic E-state index is 0.0243. The molecule has 10 heteroatoms. The van der Waals surface area contributed by atoms with E-state index in [0.29, 0.717) is 28.3 Å². The van der Waals surface area contributed by atoms with E-state index < -0.39 is 22.5 Å². The predicted molar refractivity (Wildman–Crippen MR) is 139 cm³/mol. The van der Waals surface area contributed by atoms with Crippen LogP contribution in [0, 0.1) is 5.82 Å². The van der Waals surface area contributed by atoms with E-state index in [1.165, 1.54) is 16.4 Å². The summed E-state index contributed by atoms with van der Waals surface area (Å²) in [6.07, 6.45) is 7.41. The van der Waals surface area contributed by atoms with Crippen molar-refractivity contribution in [3.8, 4) is 16.9 Å². The van der Waals surface area contributed by atoms with E-state index in [-0.39, 0.29) is 18.2 Å². The summed E-state index contributed by atoms with van der Waals surface area (Å²) in [5.74, 6) is 0.718. The summed E-state index contributed by atoms with van der Waals surface area (Å²) in [6.45, 7) is -0.0876. The average molecular weight is 535 g/mol.